The number of aromatic nitrogens is 3. The molecule has 1 saturated heterocycles. The summed E-state index contributed by atoms with van der Waals surface area (Å²) in [7, 11) is 0. The van der Waals surface area contributed by atoms with Crippen LogP contribution in [0.25, 0.3) is 11.2 Å². The van der Waals surface area contributed by atoms with Crippen molar-refractivity contribution in [1.29, 1.82) is 0 Å². The SMILES string of the molecule is CCOCc1nc2c(N3CCNCC3)nc(N)nc2o1. The van der Waals surface area contributed by atoms with Crippen LogP contribution in [0, 0.1) is 0 Å². The molecule has 0 amide bonds. The summed E-state index contributed by atoms with van der Waals surface area (Å²) in [5, 5.41) is 3.30. The molecule has 1 fully saturated rings. The number of piperazine rings is 1. The molecule has 3 N–H and O–H groups in total. The Morgan fingerprint density at radius 2 is 2.10 bits per heavy atom. The zero-order valence-corrected chi connectivity index (χ0v) is 11.4. The molecule has 2 aromatic heterocycles. The Morgan fingerprint density at radius 1 is 1.30 bits per heavy atom. The van der Waals surface area contributed by atoms with E-state index in [1.165, 1.54) is 0 Å². The van der Waals surface area contributed by atoms with Crippen molar-refractivity contribution in [3.05, 3.63) is 5.89 Å². The lowest BCUT2D eigenvalue weighted by Crippen LogP contribution is -2.44. The third kappa shape index (κ3) is 2.52. The molecule has 0 saturated carbocycles. The summed E-state index contributed by atoms with van der Waals surface area (Å²) < 4.78 is 10.9. The van der Waals surface area contributed by atoms with Crippen molar-refractivity contribution in [2.45, 2.75) is 13.5 Å². The summed E-state index contributed by atoms with van der Waals surface area (Å²) in [5.41, 5.74) is 6.82. The maximum atomic E-state index is 5.76. The van der Waals surface area contributed by atoms with Crippen molar-refractivity contribution in [1.82, 2.24) is 20.3 Å². The normalized spacial score (nSPS) is 15.9. The molecule has 8 heteroatoms. The molecule has 2 aromatic rings. The number of hydrogen-bond acceptors (Lipinski definition) is 8. The predicted octanol–water partition coefficient (Wildman–Crippen LogP) is 0.146. The van der Waals surface area contributed by atoms with Crippen LogP contribution in [0.15, 0.2) is 4.42 Å². The number of nitrogens with two attached hydrogens (primary N) is 1. The van der Waals surface area contributed by atoms with Gasteiger partial charge in [-0.1, -0.05) is 0 Å². The smallest absolute Gasteiger partial charge is 0.254 e. The van der Waals surface area contributed by atoms with Gasteiger partial charge in [0.15, 0.2) is 11.3 Å². The van der Waals surface area contributed by atoms with Gasteiger partial charge in [0, 0.05) is 32.8 Å². The van der Waals surface area contributed by atoms with E-state index < -0.39 is 0 Å². The van der Waals surface area contributed by atoms with Gasteiger partial charge in [-0.05, 0) is 6.92 Å². The lowest BCUT2D eigenvalue weighted by atomic mass is 10.3. The van der Waals surface area contributed by atoms with Crippen LogP contribution < -0.4 is 16.0 Å². The summed E-state index contributed by atoms with van der Waals surface area (Å²) >= 11 is 0. The van der Waals surface area contributed by atoms with E-state index in [1.807, 2.05) is 6.92 Å². The van der Waals surface area contributed by atoms with Gasteiger partial charge in [-0.25, -0.2) is 4.98 Å². The van der Waals surface area contributed by atoms with Crippen molar-refractivity contribution in [3.63, 3.8) is 0 Å². The van der Waals surface area contributed by atoms with Crippen LogP contribution in [0.5, 0.6) is 0 Å². The third-order valence-corrected chi connectivity index (χ3v) is 3.15. The molecule has 0 bridgehead atoms. The molecule has 8 nitrogen and oxygen atoms in total. The Morgan fingerprint density at radius 3 is 2.85 bits per heavy atom. The molecule has 0 aliphatic carbocycles. The van der Waals surface area contributed by atoms with Crippen molar-refractivity contribution in [2.75, 3.05) is 43.4 Å². The summed E-state index contributed by atoms with van der Waals surface area (Å²) in [6, 6.07) is 0. The Hall–Kier alpha value is -1.93. The van der Waals surface area contributed by atoms with E-state index in [4.69, 9.17) is 14.9 Å². The van der Waals surface area contributed by atoms with E-state index in [-0.39, 0.29) is 5.95 Å². The van der Waals surface area contributed by atoms with Gasteiger partial charge in [0.25, 0.3) is 5.71 Å². The first-order valence-electron chi connectivity index (χ1n) is 6.74. The first-order chi connectivity index (χ1) is 9.78. The molecule has 20 heavy (non-hydrogen) atoms. The second-order valence-electron chi connectivity index (χ2n) is 4.54. The molecular weight excluding hydrogens is 260 g/mol. The number of nitrogens with one attached hydrogen (secondary N) is 1. The number of anilines is 2. The van der Waals surface area contributed by atoms with E-state index in [0.717, 1.165) is 32.0 Å². The maximum Gasteiger partial charge on any atom is 0.254 e. The fourth-order valence-electron chi connectivity index (χ4n) is 2.22. The number of fused-ring (bicyclic) bond motifs is 1. The van der Waals surface area contributed by atoms with Crippen LogP contribution in [-0.4, -0.2) is 47.7 Å². The highest BCUT2D eigenvalue weighted by Crippen LogP contribution is 2.25. The van der Waals surface area contributed by atoms with E-state index in [2.05, 4.69) is 25.2 Å². The average molecular weight is 278 g/mol. The van der Waals surface area contributed by atoms with Gasteiger partial charge >= 0.3 is 0 Å². The largest absolute Gasteiger partial charge is 0.419 e. The highest BCUT2D eigenvalue weighted by molar-refractivity contribution is 5.83. The first kappa shape index (κ1) is 13.1. The molecule has 3 rings (SSSR count). The van der Waals surface area contributed by atoms with Crippen LogP contribution in [0.4, 0.5) is 11.8 Å². The average Bonchev–Trinajstić information content (AvgIpc) is 2.87. The Labute approximate surface area is 116 Å². The fourth-order valence-corrected chi connectivity index (χ4v) is 2.22. The van der Waals surface area contributed by atoms with E-state index >= 15 is 0 Å². The van der Waals surface area contributed by atoms with E-state index in [1.54, 1.807) is 0 Å². The highest BCUT2D eigenvalue weighted by atomic mass is 16.5. The maximum absolute atomic E-state index is 5.76. The second kappa shape index (κ2) is 5.59. The van der Waals surface area contributed by atoms with Gasteiger partial charge < -0.3 is 25.1 Å². The topological polar surface area (TPSA) is 102 Å². The Bertz CT molecular complexity index is 593. The molecule has 0 radical (unpaired) electrons. The van der Waals surface area contributed by atoms with Gasteiger partial charge in [0.05, 0.1) is 0 Å². The standard InChI is InChI=1S/C12H18N6O2/c1-2-19-7-8-15-9-10(18-5-3-14-4-6-18)16-12(13)17-11(9)20-8/h14H,2-7H2,1H3,(H2,13,16,17). The van der Waals surface area contributed by atoms with Crippen molar-refractivity contribution in [2.24, 2.45) is 0 Å². The molecular formula is C12H18N6O2. The third-order valence-electron chi connectivity index (χ3n) is 3.15. The minimum atomic E-state index is 0.199. The summed E-state index contributed by atoms with van der Waals surface area (Å²) in [6.45, 7) is 6.40. The predicted molar refractivity (Wildman–Crippen MR) is 74.4 cm³/mol. The molecule has 3 heterocycles. The number of ether oxygens (including phenoxy) is 1. The molecule has 1 aliphatic heterocycles. The van der Waals surface area contributed by atoms with Crippen LogP contribution >= 0.6 is 0 Å². The van der Waals surface area contributed by atoms with Crippen molar-refractivity contribution in [3.8, 4) is 0 Å². The van der Waals surface area contributed by atoms with Crippen molar-refractivity contribution >= 4 is 23.0 Å². The molecule has 0 aromatic carbocycles. The quantitative estimate of drug-likeness (QED) is 0.814. The van der Waals surface area contributed by atoms with Crippen LogP contribution in [0.3, 0.4) is 0 Å². The molecule has 108 valence electrons. The molecule has 1 aliphatic rings. The zero-order chi connectivity index (χ0) is 13.9. The van der Waals surface area contributed by atoms with E-state index in [9.17, 15) is 0 Å². The van der Waals surface area contributed by atoms with Gasteiger partial charge in [0.2, 0.25) is 11.8 Å². The fraction of sp³-hybridized carbons (Fsp3) is 0.583. The summed E-state index contributed by atoms with van der Waals surface area (Å²) in [4.78, 5) is 15.0. The van der Waals surface area contributed by atoms with E-state index in [0.29, 0.717) is 30.3 Å². The van der Waals surface area contributed by atoms with Crippen LogP contribution in [0.1, 0.15) is 12.8 Å². The lowest BCUT2D eigenvalue weighted by Gasteiger charge is -2.28. The second-order valence-corrected chi connectivity index (χ2v) is 4.54. The highest BCUT2D eigenvalue weighted by Gasteiger charge is 2.20. The molecule has 0 unspecified atom stereocenters. The van der Waals surface area contributed by atoms with Crippen LogP contribution in [-0.2, 0) is 11.3 Å². The zero-order valence-electron chi connectivity index (χ0n) is 11.4. The lowest BCUT2D eigenvalue weighted by molar-refractivity contribution is 0.115. The van der Waals surface area contributed by atoms with Crippen molar-refractivity contribution < 1.29 is 9.15 Å². The van der Waals surface area contributed by atoms with Gasteiger partial charge in [-0.2, -0.15) is 9.97 Å². The number of hydrogen-bond donors (Lipinski definition) is 2. The minimum Gasteiger partial charge on any atom is -0.419 e. The van der Waals surface area contributed by atoms with Gasteiger partial charge in [0.1, 0.15) is 6.61 Å². The summed E-state index contributed by atoms with van der Waals surface area (Å²) in [5.74, 6) is 1.43. The number of nitrogens with zero attached hydrogens (tertiary/aromatic N) is 4. The number of oxazole rings is 1. The van der Waals surface area contributed by atoms with Gasteiger partial charge in [-0.3, -0.25) is 0 Å². The number of nitrogen functional groups attached to an aromatic ring is 1. The Kier molecular flexibility index (Phi) is 3.66. The van der Waals surface area contributed by atoms with Gasteiger partial charge in [-0.15, -0.1) is 0 Å². The van der Waals surface area contributed by atoms with Crippen LogP contribution in [0.2, 0.25) is 0 Å². The molecule has 0 atom stereocenters. The Balaban J connectivity index is 1.98. The monoisotopic (exact) mass is 278 g/mol. The molecule has 0 spiro atoms. The summed E-state index contributed by atoms with van der Waals surface area (Å²) in [6.07, 6.45) is 0. The minimum absolute atomic E-state index is 0.199. The first-order valence-corrected chi connectivity index (χ1v) is 6.74. The number of rotatable bonds is 4.